The second-order valence-corrected chi connectivity index (χ2v) is 5.77. The number of carbonyl (C=O) groups excluding carboxylic acids is 1. The predicted molar refractivity (Wildman–Crippen MR) is 76.1 cm³/mol. The molecule has 1 aromatic rings. The molecule has 0 spiro atoms. The smallest absolute Gasteiger partial charge is 0.227 e. The maximum absolute atomic E-state index is 13.7. The van der Waals surface area contributed by atoms with Gasteiger partial charge in [-0.25, -0.2) is 4.39 Å². The summed E-state index contributed by atoms with van der Waals surface area (Å²) in [7, 11) is 1.68. The summed E-state index contributed by atoms with van der Waals surface area (Å²) in [6.07, 6.45) is 3.03. The molecule has 20 heavy (non-hydrogen) atoms. The third kappa shape index (κ3) is 3.49. The molecule has 0 heterocycles. The van der Waals surface area contributed by atoms with E-state index in [0.717, 1.165) is 25.7 Å². The third-order valence-corrected chi connectivity index (χ3v) is 4.18. The largest absolute Gasteiger partial charge is 0.391 e. The Morgan fingerprint density at radius 2 is 2.15 bits per heavy atom. The van der Waals surface area contributed by atoms with Crippen LogP contribution in [0.15, 0.2) is 18.2 Å². The van der Waals surface area contributed by atoms with Gasteiger partial charge in [-0.15, -0.1) is 0 Å². The highest BCUT2D eigenvalue weighted by Gasteiger charge is 2.29. The first kappa shape index (κ1) is 15.3. The van der Waals surface area contributed by atoms with Crippen LogP contribution in [0.25, 0.3) is 0 Å². The Hall–Kier alpha value is -1.13. The van der Waals surface area contributed by atoms with Gasteiger partial charge in [0, 0.05) is 12.1 Å². The van der Waals surface area contributed by atoms with Crippen molar-refractivity contribution < 1.29 is 14.3 Å². The number of likely N-dealkylation sites (N-methyl/N-ethyl adjacent to an activating group) is 1. The van der Waals surface area contributed by atoms with Crippen molar-refractivity contribution in [2.24, 2.45) is 0 Å². The average molecular weight is 300 g/mol. The Morgan fingerprint density at radius 1 is 1.45 bits per heavy atom. The second-order valence-electron chi connectivity index (χ2n) is 5.34. The van der Waals surface area contributed by atoms with Crippen molar-refractivity contribution in [3.63, 3.8) is 0 Å². The molecule has 2 rings (SSSR count). The zero-order valence-electron chi connectivity index (χ0n) is 11.5. The van der Waals surface area contributed by atoms with E-state index in [9.17, 15) is 14.3 Å². The minimum Gasteiger partial charge on any atom is -0.391 e. The van der Waals surface area contributed by atoms with E-state index < -0.39 is 11.9 Å². The number of hydrogen-bond acceptors (Lipinski definition) is 2. The average Bonchev–Trinajstić information content (AvgIpc) is 2.41. The van der Waals surface area contributed by atoms with E-state index in [1.54, 1.807) is 18.0 Å². The van der Waals surface area contributed by atoms with Crippen molar-refractivity contribution in [1.29, 1.82) is 0 Å². The molecule has 5 heteroatoms. The summed E-state index contributed by atoms with van der Waals surface area (Å²) in [5.41, 5.74) is 0.330. The van der Waals surface area contributed by atoms with E-state index in [-0.39, 0.29) is 18.4 Å². The van der Waals surface area contributed by atoms with E-state index in [4.69, 9.17) is 11.6 Å². The van der Waals surface area contributed by atoms with E-state index in [1.807, 2.05) is 0 Å². The lowest BCUT2D eigenvalue weighted by molar-refractivity contribution is -0.134. The Bertz CT molecular complexity index is 495. The van der Waals surface area contributed by atoms with Crippen molar-refractivity contribution >= 4 is 17.5 Å². The fraction of sp³-hybridized carbons (Fsp3) is 0.533. The van der Waals surface area contributed by atoms with Crippen LogP contribution >= 0.6 is 11.6 Å². The Labute approximate surface area is 123 Å². The lowest BCUT2D eigenvalue weighted by Crippen LogP contribution is -2.46. The van der Waals surface area contributed by atoms with Gasteiger partial charge in [-0.1, -0.05) is 30.5 Å². The summed E-state index contributed by atoms with van der Waals surface area (Å²) in [5.74, 6) is -0.652. The summed E-state index contributed by atoms with van der Waals surface area (Å²) in [6.45, 7) is 0. The SMILES string of the molecule is CN(C(=O)Cc1ccc(Cl)cc1F)[C@@H]1CCCC[C@@H]1O. The van der Waals surface area contributed by atoms with Crippen LogP contribution in [-0.4, -0.2) is 35.1 Å². The molecule has 1 aromatic carbocycles. The number of amides is 1. The first-order valence-electron chi connectivity index (χ1n) is 6.86. The van der Waals surface area contributed by atoms with E-state index in [2.05, 4.69) is 0 Å². The summed E-state index contributed by atoms with van der Waals surface area (Å²) in [6, 6.07) is 4.15. The summed E-state index contributed by atoms with van der Waals surface area (Å²) >= 11 is 5.69. The standard InChI is InChI=1S/C15H19ClFNO2/c1-18(13-4-2-3-5-14(13)19)15(20)8-10-6-7-11(16)9-12(10)17/h6-7,9,13-14,19H,2-5,8H2,1H3/t13-,14+/m1/s1. The second kappa shape index (κ2) is 6.55. The van der Waals surface area contributed by atoms with Crippen LogP contribution in [0.3, 0.4) is 0 Å². The van der Waals surface area contributed by atoms with Crippen LogP contribution in [-0.2, 0) is 11.2 Å². The molecular formula is C15H19ClFNO2. The molecule has 1 N–H and O–H groups in total. The third-order valence-electron chi connectivity index (χ3n) is 3.94. The Balaban J connectivity index is 2.03. The molecule has 1 aliphatic rings. The normalized spacial score (nSPS) is 22.6. The summed E-state index contributed by atoms with van der Waals surface area (Å²) < 4.78 is 13.7. The molecule has 0 saturated heterocycles. The maximum Gasteiger partial charge on any atom is 0.227 e. The van der Waals surface area contributed by atoms with Gasteiger partial charge >= 0.3 is 0 Å². The number of nitrogens with zero attached hydrogens (tertiary/aromatic N) is 1. The lowest BCUT2D eigenvalue weighted by Gasteiger charge is -2.35. The van der Waals surface area contributed by atoms with Gasteiger partial charge in [0.15, 0.2) is 0 Å². The minimum atomic E-state index is -0.479. The zero-order valence-corrected chi connectivity index (χ0v) is 12.2. The van der Waals surface area contributed by atoms with Crippen molar-refractivity contribution in [1.82, 2.24) is 4.90 Å². The molecule has 0 bridgehead atoms. The highest BCUT2D eigenvalue weighted by atomic mass is 35.5. The fourth-order valence-electron chi connectivity index (χ4n) is 2.68. The molecule has 1 aliphatic carbocycles. The first-order chi connectivity index (χ1) is 9.49. The Kier molecular flexibility index (Phi) is 5.00. The van der Waals surface area contributed by atoms with Gasteiger partial charge in [-0.3, -0.25) is 4.79 Å². The van der Waals surface area contributed by atoms with Gasteiger partial charge in [0.2, 0.25) is 5.91 Å². The van der Waals surface area contributed by atoms with Gasteiger partial charge in [-0.2, -0.15) is 0 Å². The highest BCUT2D eigenvalue weighted by Crippen LogP contribution is 2.23. The number of halogens is 2. The van der Waals surface area contributed by atoms with Crippen molar-refractivity contribution in [3.8, 4) is 0 Å². The fourth-order valence-corrected chi connectivity index (χ4v) is 2.84. The molecule has 110 valence electrons. The molecule has 2 atom stereocenters. The quantitative estimate of drug-likeness (QED) is 0.932. The Morgan fingerprint density at radius 3 is 2.80 bits per heavy atom. The zero-order chi connectivity index (χ0) is 14.7. The summed E-state index contributed by atoms with van der Waals surface area (Å²) in [5, 5.41) is 10.3. The molecule has 0 aromatic heterocycles. The van der Waals surface area contributed by atoms with Crippen LogP contribution in [0.2, 0.25) is 5.02 Å². The molecule has 1 fully saturated rings. The molecule has 0 aliphatic heterocycles. The van der Waals surface area contributed by atoms with Gasteiger partial charge < -0.3 is 10.0 Å². The number of aliphatic hydroxyl groups excluding tert-OH is 1. The summed E-state index contributed by atoms with van der Waals surface area (Å²) in [4.78, 5) is 13.8. The van der Waals surface area contributed by atoms with E-state index in [0.29, 0.717) is 10.6 Å². The minimum absolute atomic E-state index is 0.0112. The first-order valence-corrected chi connectivity index (χ1v) is 7.24. The van der Waals surface area contributed by atoms with Gasteiger partial charge in [-0.05, 0) is 30.5 Å². The number of carbonyl (C=O) groups is 1. The van der Waals surface area contributed by atoms with Crippen LogP contribution < -0.4 is 0 Å². The number of rotatable bonds is 3. The molecule has 3 nitrogen and oxygen atoms in total. The molecule has 1 amide bonds. The van der Waals surface area contributed by atoms with Gasteiger partial charge in [0.05, 0.1) is 18.6 Å². The predicted octanol–water partition coefficient (Wildman–Crippen LogP) is 2.78. The van der Waals surface area contributed by atoms with Gasteiger partial charge in [0.25, 0.3) is 0 Å². The topological polar surface area (TPSA) is 40.5 Å². The van der Waals surface area contributed by atoms with Gasteiger partial charge in [0.1, 0.15) is 5.82 Å². The van der Waals surface area contributed by atoms with Crippen molar-refractivity contribution in [2.45, 2.75) is 44.2 Å². The number of hydrogen-bond donors (Lipinski definition) is 1. The lowest BCUT2D eigenvalue weighted by atomic mass is 9.91. The van der Waals surface area contributed by atoms with E-state index >= 15 is 0 Å². The molecule has 0 radical (unpaired) electrons. The number of benzene rings is 1. The monoisotopic (exact) mass is 299 g/mol. The van der Waals surface area contributed by atoms with Crippen LogP contribution in [0, 0.1) is 5.82 Å². The highest BCUT2D eigenvalue weighted by molar-refractivity contribution is 6.30. The van der Waals surface area contributed by atoms with E-state index in [1.165, 1.54) is 12.1 Å². The van der Waals surface area contributed by atoms with Crippen molar-refractivity contribution in [3.05, 3.63) is 34.6 Å². The molecular weight excluding hydrogens is 281 g/mol. The van der Waals surface area contributed by atoms with Crippen LogP contribution in [0.5, 0.6) is 0 Å². The van der Waals surface area contributed by atoms with Crippen LogP contribution in [0.4, 0.5) is 4.39 Å². The number of aliphatic hydroxyl groups is 1. The maximum atomic E-state index is 13.7. The van der Waals surface area contributed by atoms with Crippen molar-refractivity contribution in [2.75, 3.05) is 7.05 Å². The molecule has 0 unspecified atom stereocenters. The van der Waals surface area contributed by atoms with Crippen LogP contribution in [0.1, 0.15) is 31.2 Å². The molecule has 1 saturated carbocycles.